The van der Waals surface area contributed by atoms with Gasteiger partial charge in [-0.15, -0.1) is 5.10 Å². The number of aromatic nitrogens is 5. The highest BCUT2D eigenvalue weighted by Crippen LogP contribution is 2.51. The van der Waals surface area contributed by atoms with E-state index in [1.54, 1.807) is 24.1 Å². The van der Waals surface area contributed by atoms with Gasteiger partial charge in [-0.2, -0.15) is 0 Å². The van der Waals surface area contributed by atoms with Crippen LogP contribution in [0, 0.1) is 5.41 Å². The molecular weight excluding hydrogens is 430 g/mol. The fourth-order valence-electron chi connectivity index (χ4n) is 4.96. The topological polar surface area (TPSA) is 91.5 Å². The number of benzene rings is 1. The summed E-state index contributed by atoms with van der Waals surface area (Å²) in [6.07, 6.45) is 4.39. The lowest BCUT2D eigenvalue weighted by Crippen LogP contribution is -2.33. The molecule has 1 atom stereocenters. The number of para-hydroxylation sites is 1. The normalized spacial score (nSPS) is 18.9. The zero-order valence-corrected chi connectivity index (χ0v) is 19.1. The quantitative estimate of drug-likeness (QED) is 0.455. The van der Waals surface area contributed by atoms with Crippen molar-refractivity contribution in [2.24, 2.45) is 5.41 Å². The van der Waals surface area contributed by atoms with Gasteiger partial charge in [-0.05, 0) is 23.6 Å². The first-order valence-corrected chi connectivity index (χ1v) is 11.2. The van der Waals surface area contributed by atoms with E-state index in [2.05, 4.69) is 28.9 Å². The molecule has 1 aliphatic heterocycles. The van der Waals surface area contributed by atoms with Crippen molar-refractivity contribution < 1.29 is 14.3 Å². The monoisotopic (exact) mass is 453 g/mol. The minimum Gasteiger partial charge on any atom is -0.496 e. The highest BCUT2D eigenvalue weighted by Gasteiger charge is 2.44. The summed E-state index contributed by atoms with van der Waals surface area (Å²) in [5, 5.41) is 4.60. The van der Waals surface area contributed by atoms with E-state index in [4.69, 9.17) is 14.5 Å². The highest BCUT2D eigenvalue weighted by atomic mass is 16.5. The second kappa shape index (κ2) is 7.48. The van der Waals surface area contributed by atoms with Crippen molar-refractivity contribution in [2.75, 3.05) is 7.11 Å². The first-order valence-electron chi connectivity index (χ1n) is 11.2. The number of nitrogens with zero attached hydrogens (tertiary/aromatic N) is 5. The Kier molecular flexibility index (Phi) is 4.52. The Morgan fingerprint density at radius 1 is 1.09 bits per heavy atom. The summed E-state index contributed by atoms with van der Waals surface area (Å²) in [6, 6.07) is 13.3. The molecule has 3 aromatic heterocycles. The Hall–Kier alpha value is -4.07. The summed E-state index contributed by atoms with van der Waals surface area (Å²) < 4.78 is 13.6. The number of ketones is 1. The zero-order chi connectivity index (χ0) is 23.4. The summed E-state index contributed by atoms with van der Waals surface area (Å²) in [6.45, 7) is 4.17. The van der Waals surface area contributed by atoms with E-state index in [0.29, 0.717) is 58.5 Å². The third-order valence-electron chi connectivity index (χ3n) is 6.41. The van der Waals surface area contributed by atoms with Crippen molar-refractivity contribution in [2.45, 2.75) is 32.6 Å². The molecule has 0 spiro atoms. The Morgan fingerprint density at radius 3 is 2.71 bits per heavy atom. The number of allylic oxidation sites excluding steroid dienone is 2. The van der Waals surface area contributed by atoms with Gasteiger partial charge in [0.2, 0.25) is 11.7 Å². The number of carbonyl (C=O) groups excluding carboxylic acids is 1. The molecule has 34 heavy (non-hydrogen) atoms. The minimum atomic E-state index is -0.435. The number of hydrogen-bond donors (Lipinski definition) is 0. The average Bonchev–Trinajstić information content (AvgIpc) is 3.27. The molecule has 6 rings (SSSR count). The van der Waals surface area contributed by atoms with Gasteiger partial charge in [0.15, 0.2) is 11.4 Å². The third kappa shape index (κ3) is 3.17. The molecule has 0 N–H and O–H groups in total. The van der Waals surface area contributed by atoms with Crippen molar-refractivity contribution in [3.63, 3.8) is 0 Å². The maximum absolute atomic E-state index is 13.5. The maximum atomic E-state index is 13.5. The van der Waals surface area contributed by atoms with E-state index in [9.17, 15) is 4.79 Å². The van der Waals surface area contributed by atoms with Crippen molar-refractivity contribution >= 4 is 11.4 Å². The molecule has 8 nitrogen and oxygen atoms in total. The molecule has 8 heteroatoms. The van der Waals surface area contributed by atoms with Crippen LogP contribution in [0.15, 0.2) is 66.3 Å². The molecular formula is C26H23N5O3. The number of methoxy groups -OCH3 is 1. The SMILES string of the molecule is COc1ccccc1[C@H]1C2=C(CC(C)(C)CC2=O)Oc2ncn3nc(-c4ccccn4)nc3c21. The Morgan fingerprint density at radius 2 is 1.91 bits per heavy atom. The lowest BCUT2D eigenvalue weighted by molar-refractivity contribution is -0.118. The highest BCUT2D eigenvalue weighted by molar-refractivity contribution is 6.00. The first-order chi connectivity index (χ1) is 16.4. The van der Waals surface area contributed by atoms with Crippen LogP contribution in [-0.2, 0) is 4.79 Å². The summed E-state index contributed by atoms with van der Waals surface area (Å²) in [5.74, 6) is 1.91. The number of fused-ring (bicyclic) bond motifs is 3. The average molecular weight is 454 g/mol. The van der Waals surface area contributed by atoms with Gasteiger partial charge in [0.05, 0.1) is 18.6 Å². The summed E-state index contributed by atoms with van der Waals surface area (Å²) in [7, 11) is 1.63. The van der Waals surface area contributed by atoms with Crippen LogP contribution in [0.25, 0.3) is 17.2 Å². The van der Waals surface area contributed by atoms with Crippen molar-refractivity contribution in [3.8, 4) is 23.1 Å². The molecule has 2 aliphatic rings. The first kappa shape index (κ1) is 20.5. The number of rotatable bonds is 3. The van der Waals surface area contributed by atoms with Crippen LogP contribution in [0.5, 0.6) is 11.6 Å². The molecule has 0 saturated carbocycles. The third-order valence-corrected chi connectivity index (χ3v) is 6.41. The fourth-order valence-corrected chi connectivity index (χ4v) is 4.96. The lowest BCUT2D eigenvalue weighted by atomic mass is 9.70. The van der Waals surface area contributed by atoms with E-state index in [0.717, 1.165) is 5.56 Å². The number of pyridine rings is 1. The largest absolute Gasteiger partial charge is 0.496 e. The van der Waals surface area contributed by atoms with Crippen LogP contribution in [0.4, 0.5) is 0 Å². The predicted molar refractivity (Wildman–Crippen MR) is 125 cm³/mol. The number of ether oxygens (including phenoxy) is 2. The molecule has 0 fully saturated rings. The molecule has 170 valence electrons. The molecule has 0 amide bonds. The molecule has 0 radical (unpaired) electrons. The maximum Gasteiger partial charge on any atom is 0.228 e. The van der Waals surface area contributed by atoms with Gasteiger partial charge in [0.1, 0.15) is 23.5 Å². The Bertz CT molecular complexity index is 1470. The van der Waals surface area contributed by atoms with Gasteiger partial charge in [-0.25, -0.2) is 14.5 Å². The van der Waals surface area contributed by atoms with E-state index in [1.165, 1.54) is 0 Å². The van der Waals surface area contributed by atoms with Crippen molar-refractivity contribution in [3.05, 3.63) is 77.4 Å². The zero-order valence-electron chi connectivity index (χ0n) is 19.1. The van der Waals surface area contributed by atoms with Crippen LogP contribution in [0.3, 0.4) is 0 Å². The van der Waals surface area contributed by atoms with Crippen molar-refractivity contribution in [1.82, 2.24) is 24.6 Å². The summed E-state index contributed by atoms with van der Waals surface area (Å²) >= 11 is 0. The number of Topliss-reactive ketones (excluding diaryl/α,β-unsaturated/α-hetero) is 1. The molecule has 0 unspecified atom stereocenters. The molecule has 1 aromatic carbocycles. The summed E-state index contributed by atoms with van der Waals surface area (Å²) in [4.78, 5) is 27.3. The second-order valence-electron chi connectivity index (χ2n) is 9.44. The van der Waals surface area contributed by atoms with Gasteiger partial charge in [-0.1, -0.05) is 38.1 Å². The van der Waals surface area contributed by atoms with Gasteiger partial charge in [0, 0.05) is 30.2 Å². The smallest absolute Gasteiger partial charge is 0.228 e. The van der Waals surface area contributed by atoms with Gasteiger partial charge in [0.25, 0.3) is 0 Å². The molecule has 1 aliphatic carbocycles. The van der Waals surface area contributed by atoms with Crippen LogP contribution < -0.4 is 9.47 Å². The molecule has 0 saturated heterocycles. The summed E-state index contributed by atoms with van der Waals surface area (Å²) in [5.41, 5.74) is 3.25. The standard InChI is InChI=1S/C26H23N5O3/c1-26(2)12-17(32)21-19(13-26)34-25-22(20(21)15-8-4-5-10-18(15)33-3)24-29-23(30-31(24)14-28-25)16-9-6-7-11-27-16/h4-11,14,20H,12-13H2,1-3H3/t20-/m0/s1. The van der Waals surface area contributed by atoms with E-state index in [1.807, 2.05) is 42.5 Å². The molecule has 4 heterocycles. The number of hydrogen-bond acceptors (Lipinski definition) is 7. The molecule has 4 aromatic rings. The number of carbonyl (C=O) groups is 1. The van der Waals surface area contributed by atoms with Gasteiger partial charge >= 0.3 is 0 Å². The predicted octanol–water partition coefficient (Wildman–Crippen LogP) is 4.36. The fraction of sp³-hybridized carbons (Fsp3) is 0.269. The molecule has 0 bridgehead atoms. The lowest BCUT2D eigenvalue weighted by Gasteiger charge is -2.37. The van der Waals surface area contributed by atoms with E-state index in [-0.39, 0.29) is 11.2 Å². The Labute approximate surface area is 196 Å². The van der Waals surface area contributed by atoms with Gasteiger partial charge in [-0.3, -0.25) is 9.78 Å². The van der Waals surface area contributed by atoms with Crippen LogP contribution >= 0.6 is 0 Å². The van der Waals surface area contributed by atoms with E-state index >= 15 is 0 Å². The van der Waals surface area contributed by atoms with Gasteiger partial charge < -0.3 is 9.47 Å². The van der Waals surface area contributed by atoms with Crippen LogP contribution in [-0.4, -0.2) is 37.5 Å². The van der Waals surface area contributed by atoms with E-state index < -0.39 is 5.92 Å². The second-order valence-corrected chi connectivity index (χ2v) is 9.44. The van der Waals surface area contributed by atoms with Crippen LogP contribution in [0.1, 0.15) is 43.7 Å². The minimum absolute atomic E-state index is 0.0688. The Balaban J connectivity index is 1.63. The van der Waals surface area contributed by atoms with Crippen molar-refractivity contribution in [1.29, 1.82) is 0 Å². The van der Waals surface area contributed by atoms with Crippen LogP contribution in [0.2, 0.25) is 0 Å².